The van der Waals surface area contributed by atoms with Crippen molar-refractivity contribution in [3.05, 3.63) is 36.0 Å². The smallest absolute Gasteiger partial charge is 0.222 e. The zero-order valence-corrected chi connectivity index (χ0v) is 12.4. The molecular formula is C16H23N3O. The normalized spacial score (nSPS) is 13.0. The van der Waals surface area contributed by atoms with Crippen LogP contribution >= 0.6 is 0 Å². The first-order chi connectivity index (χ1) is 9.49. The first kappa shape index (κ1) is 14.6. The minimum absolute atomic E-state index is 0.170. The Labute approximate surface area is 120 Å². The van der Waals surface area contributed by atoms with Crippen molar-refractivity contribution in [3.63, 3.8) is 0 Å². The second-order valence-electron chi connectivity index (χ2n) is 5.66. The summed E-state index contributed by atoms with van der Waals surface area (Å²) in [6.45, 7) is 7.58. The Morgan fingerprint density at radius 1 is 1.30 bits per heavy atom. The summed E-state index contributed by atoms with van der Waals surface area (Å²) in [5, 5.41) is 4.67. The van der Waals surface area contributed by atoms with Crippen LogP contribution in [-0.2, 0) is 17.9 Å². The summed E-state index contributed by atoms with van der Waals surface area (Å²) in [6, 6.07) is 8.72. The lowest BCUT2D eigenvalue weighted by atomic mass is 10.1. The van der Waals surface area contributed by atoms with E-state index >= 15 is 0 Å². The van der Waals surface area contributed by atoms with Crippen molar-refractivity contribution in [2.24, 2.45) is 11.7 Å². The molecule has 2 rings (SSSR count). The van der Waals surface area contributed by atoms with Crippen molar-refractivity contribution in [1.82, 2.24) is 9.88 Å². The molecule has 1 amide bonds. The van der Waals surface area contributed by atoms with Gasteiger partial charge in [-0.15, -0.1) is 0 Å². The van der Waals surface area contributed by atoms with Gasteiger partial charge in [-0.1, -0.05) is 39.0 Å². The molecule has 2 aromatic rings. The number of carbonyl (C=O) groups is 1. The number of primary amides is 1. The molecule has 1 aromatic carbocycles. The molecule has 3 N–H and O–H groups in total. The summed E-state index contributed by atoms with van der Waals surface area (Å²) in [7, 11) is 0. The highest BCUT2D eigenvalue weighted by Gasteiger charge is 2.13. The van der Waals surface area contributed by atoms with Gasteiger partial charge in [0.25, 0.3) is 0 Å². The van der Waals surface area contributed by atoms with Gasteiger partial charge in [0.05, 0.1) is 5.92 Å². The maximum absolute atomic E-state index is 11.3. The fourth-order valence-electron chi connectivity index (χ4n) is 2.31. The predicted octanol–water partition coefficient (Wildman–Crippen LogP) is 2.26. The number of hydrogen-bond acceptors (Lipinski definition) is 2. The molecule has 0 bridgehead atoms. The van der Waals surface area contributed by atoms with Gasteiger partial charge in [0.15, 0.2) is 0 Å². The lowest BCUT2D eigenvalue weighted by Gasteiger charge is -2.09. The van der Waals surface area contributed by atoms with E-state index in [-0.39, 0.29) is 11.8 Å². The van der Waals surface area contributed by atoms with Crippen molar-refractivity contribution in [3.8, 4) is 0 Å². The number of para-hydroxylation sites is 1. The van der Waals surface area contributed by atoms with Gasteiger partial charge < -0.3 is 15.6 Å². The van der Waals surface area contributed by atoms with Crippen molar-refractivity contribution < 1.29 is 4.79 Å². The van der Waals surface area contributed by atoms with Crippen LogP contribution < -0.4 is 11.1 Å². The topological polar surface area (TPSA) is 60.1 Å². The Morgan fingerprint density at radius 2 is 2.00 bits per heavy atom. The average molecular weight is 273 g/mol. The number of nitrogens with zero attached hydrogens (tertiary/aromatic N) is 1. The zero-order chi connectivity index (χ0) is 14.7. The molecule has 108 valence electrons. The lowest BCUT2D eigenvalue weighted by Crippen LogP contribution is -2.24. The molecule has 1 unspecified atom stereocenters. The highest BCUT2D eigenvalue weighted by Crippen LogP contribution is 2.22. The standard InChI is InChI=1S/C16H23N3O/c1-11(2)18-8-13-10-19(9-12(3)16(17)20)15-7-5-4-6-14(13)15/h4-7,10-12,18H,8-9H2,1-3H3,(H2,17,20). The van der Waals surface area contributed by atoms with Gasteiger partial charge in [0.1, 0.15) is 0 Å². The summed E-state index contributed by atoms with van der Waals surface area (Å²) in [5.41, 5.74) is 7.78. The molecule has 0 spiro atoms. The lowest BCUT2D eigenvalue weighted by molar-refractivity contribution is -0.121. The second-order valence-corrected chi connectivity index (χ2v) is 5.66. The van der Waals surface area contributed by atoms with Crippen LogP contribution in [0.1, 0.15) is 26.3 Å². The molecule has 4 heteroatoms. The molecule has 1 aromatic heterocycles. The third kappa shape index (κ3) is 3.20. The second kappa shape index (κ2) is 6.09. The number of fused-ring (bicyclic) bond motifs is 1. The van der Waals surface area contributed by atoms with Gasteiger partial charge in [0.2, 0.25) is 5.91 Å². The average Bonchev–Trinajstić information content (AvgIpc) is 2.75. The van der Waals surface area contributed by atoms with E-state index in [1.807, 2.05) is 19.1 Å². The van der Waals surface area contributed by atoms with E-state index in [0.29, 0.717) is 12.6 Å². The van der Waals surface area contributed by atoms with E-state index in [0.717, 1.165) is 12.1 Å². The minimum Gasteiger partial charge on any atom is -0.369 e. The number of nitrogens with one attached hydrogen (secondary N) is 1. The number of hydrogen-bond donors (Lipinski definition) is 2. The number of benzene rings is 1. The Morgan fingerprint density at radius 3 is 2.65 bits per heavy atom. The first-order valence-corrected chi connectivity index (χ1v) is 7.08. The third-order valence-electron chi connectivity index (χ3n) is 3.53. The van der Waals surface area contributed by atoms with Gasteiger partial charge >= 0.3 is 0 Å². The Balaban J connectivity index is 2.32. The van der Waals surface area contributed by atoms with Crippen LogP contribution in [0.2, 0.25) is 0 Å². The van der Waals surface area contributed by atoms with Crippen LogP contribution in [0, 0.1) is 5.92 Å². The van der Waals surface area contributed by atoms with Crippen molar-refractivity contribution in [2.45, 2.75) is 39.9 Å². The van der Waals surface area contributed by atoms with E-state index < -0.39 is 0 Å². The Bertz CT molecular complexity index is 601. The van der Waals surface area contributed by atoms with Crippen LogP contribution in [-0.4, -0.2) is 16.5 Å². The maximum Gasteiger partial charge on any atom is 0.222 e. The molecule has 1 atom stereocenters. The molecule has 0 radical (unpaired) electrons. The Hall–Kier alpha value is -1.81. The Kier molecular flexibility index (Phi) is 4.45. The van der Waals surface area contributed by atoms with Gasteiger partial charge in [-0.05, 0) is 11.6 Å². The monoisotopic (exact) mass is 273 g/mol. The molecular weight excluding hydrogens is 250 g/mol. The molecule has 0 fully saturated rings. The fraction of sp³-hybridized carbons (Fsp3) is 0.438. The highest BCUT2D eigenvalue weighted by molar-refractivity contribution is 5.84. The van der Waals surface area contributed by atoms with Gasteiger partial charge in [-0.25, -0.2) is 0 Å². The number of carbonyl (C=O) groups excluding carboxylic acids is 1. The summed E-state index contributed by atoms with van der Waals surface area (Å²) in [4.78, 5) is 11.3. The minimum atomic E-state index is -0.260. The van der Waals surface area contributed by atoms with Crippen molar-refractivity contribution in [1.29, 1.82) is 0 Å². The summed E-state index contributed by atoms with van der Waals surface area (Å²) in [5.74, 6) is -0.429. The summed E-state index contributed by atoms with van der Waals surface area (Å²) in [6.07, 6.45) is 2.12. The number of nitrogens with two attached hydrogens (primary N) is 1. The molecule has 1 heterocycles. The molecule has 0 aliphatic carbocycles. The zero-order valence-electron chi connectivity index (χ0n) is 12.4. The van der Waals surface area contributed by atoms with E-state index in [1.54, 1.807) is 0 Å². The SMILES string of the molecule is CC(C)NCc1cn(CC(C)C(N)=O)c2ccccc12. The van der Waals surface area contributed by atoms with Crippen LogP contribution in [0.3, 0.4) is 0 Å². The van der Waals surface area contributed by atoms with E-state index in [1.165, 1.54) is 10.9 Å². The largest absolute Gasteiger partial charge is 0.369 e. The number of aromatic nitrogens is 1. The van der Waals surface area contributed by atoms with Gasteiger partial charge in [-0.2, -0.15) is 0 Å². The maximum atomic E-state index is 11.3. The quantitative estimate of drug-likeness (QED) is 0.848. The third-order valence-corrected chi connectivity index (χ3v) is 3.53. The van der Waals surface area contributed by atoms with Crippen molar-refractivity contribution in [2.75, 3.05) is 0 Å². The molecule has 0 saturated heterocycles. The molecule has 0 aliphatic heterocycles. The van der Waals surface area contributed by atoms with Crippen LogP contribution in [0.4, 0.5) is 0 Å². The molecule has 4 nitrogen and oxygen atoms in total. The van der Waals surface area contributed by atoms with Crippen LogP contribution in [0.5, 0.6) is 0 Å². The van der Waals surface area contributed by atoms with E-state index in [4.69, 9.17) is 5.73 Å². The number of amides is 1. The molecule has 0 aliphatic rings. The fourth-order valence-corrected chi connectivity index (χ4v) is 2.31. The first-order valence-electron chi connectivity index (χ1n) is 7.08. The molecule has 20 heavy (non-hydrogen) atoms. The summed E-state index contributed by atoms with van der Waals surface area (Å²) >= 11 is 0. The number of rotatable bonds is 6. The molecule has 0 saturated carbocycles. The predicted molar refractivity (Wildman–Crippen MR) is 82.3 cm³/mol. The van der Waals surface area contributed by atoms with Gasteiger partial charge in [0, 0.05) is 36.2 Å². The van der Waals surface area contributed by atoms with E-state index in [9.17, 15) is 4.79 Å². The van der Waals surface area contributed by atoms with Crippen LogP contribution in [0.25, 0.3) is 10.9 Å². The van der Waals surface area contributed by atoms with Crippen molar-refractivity contribution >= 4 is 16.8 Å². The van der Waals surface area contributed by atoms with E-state index in [2.05, 4.69) is 42.1 Å². The van der Waals surface area contributed by atoms with Crippen LogP contribution in [0.15, 0.2) is 30.5 Å². The summed E-state index contributed by atoms with van der Waals surface area (Å²) < 4.78 is 2.13. The highest BCUT2D eigenvalue weighted by atomic mass is 16.1. The van der Waals surface area contributed by atoms with Gasteiger partial charge in [-0.3, -0.25) is 4.79 Å².